The molecular formula is C15H21NO3. The van der Waals surface area contributed by atoms with Crippen molar-refractivity contribution in [1.29, 1.82) is 0 Å². The van der Waals surface area contributed by atoms with Crippen molar-refractivity contribution in [3.8, 4) is 11.5 Å². The van der Waals surface area contributed by atoms with Crippen LogP contribution in [0.4, 0.5) is 0 Å². The van der Waals surface area contributed by atoms with Gasteiger partial charge in [-0.3, -0.25) is 4.79 Å². The number of carbonyl (C=O) groups excluding carboxylic acids is 1. The highest BCUT2D eigenvalue weighted by Crippen LogP contribution is 2.31. The summed E-state index contributed by atoms with van der Waals surface area (Å²) in [5.41, 5.74) is 0.471. The summed E-state index contributed by atoms with van der Waals surface area (Å²) < 4.78 is 5.81. The maximum Gasteiger partial charge on any atom is 0.253 e. The fraction of sp³-hybridized carbons (Fsp3) is 0.533. The van der Waals surface area contributed by atoms with Crippen LogP contribution in [0.1, 0.15) is 42.5 Å². The topological polar surface area (TPSA) is 49.8 Å². The molecule has 0 heterocycles. The van der Waals surface area contributed by atoms with Gasteiger partial charge in [0.2, 0.25) is 0 Å². The number of benzene rings is 1. The lowest BCUT2D eigenvalue weighted by molar-refractivity contribution is 0.0827. The molecule has 0 unspecified atom stereocenters. The van der Waals surface area contributed by atoms with Crippen molar-refractivity contribution >= 4 is 5.91 Å². The molecule has 1 N–H and O–H groups in total. The molecule has 0 saturated heterocycles. The van der Waals surface area contributed by atoms with Crippen LogP contribution in [0, 0.1) is 0 Å². The number of phenolic OH excluding ortho intramolecular Hbond substituents is 1. The quantitative estimate of drug-likeness (QED) is 0.912. The van der Waals surface area contributed by atoms with E-state index in [0.717, 1.165) is 12.8 Å². The summed E-state index contributed by atoms with van der Waals surface area (Å²) in [7, 11) is 3.37. The molecule has 1 aromatic rings. The number of phenols is 1. The highest BCUT2D eigenvalue weighted by Gasteiger charge is 2.17. The van der Waals surface area contributed by atoms with Gasteiger partial charge in [0.25, 0.3) is 5.91 Å². The van der Waals surface area contributed by atoms with Gasteiger partial charge in [-0.1, -0.05) is 6.42 Å². The van der Waals surface area contributed by atoms with Crippen molar-refractivity contribution < 1.29 is 14.6 Å². The Morgan fingerprint density at radius 3 is 2.53 bits per heavy atom. The Morgan fingerprint density at radius 2 is 1.95 bits per heavy atom. The van der Waals surface area contributed by atoms with E-state index in [0.29, 0.717) is 11.3 Å². The molecule has 1 aliphatic carbocycles. The average Bonchev–Trinajstić information content (AvgIpc) is 2.41. The lowest BCUT2D eigenvalue weighted by Crippen LogP contribution is -2.22. The van der Waals surface area contributed by atoms with Crippen LogP contribution in [0.2, 0.25) is 0 Å². The molecule has 0 bridgehead atoms. The van der Waals surface area contributed by atoms with Gasteiger partial charge in [0.1, 0.15) is 0 Å². The second kappa shape index (κ2) is 5.95. The number of carbonyl (C=O) groups is 1. The van der Waals surface area contributed by atoms with Crippen LogP contribution in [0.15, 0.2) is 18.2 Å². The molecule has 0 atom stereocenters. The van der Waals surface area contributed by atoms with E-state index in [-0.39, 0.29) is 17.8 Å². The van der Waals surface area contributed by atoms with E-state index < -0.39 is 0 Å². The first-order valence-electron chi connectivity index (χ1n) is 6.79. The Morgan fingerprint density at radius 1 is 1.26 bits per heavy atom. The molecule has 0 spiro atoms. The number of amides is 1. The van der Waals surface area contributed by atoms with Crippen LogP contribution in [-0.4, -0.2) is 36.1 Å². The first-order chi connectivity index (χ1) is 9.08. The molecule has 1 amide bonds. The number of aromatic hydroxyl groups is 1. The van der Waals surface area contributed by atoms with Crippen LogP contribution < -0.4 is 4.74 Å². The summed E-state index contributed by atoms with van der Waals surface area (Å²) in [6.07, 6.45) is 5.90. The van der Waals surface area contributed by atoms with Gasteiger partial charge >= 0.3 is 0 Å². The number of nitrogens with zero attached hydrogens (tertiary/aromatic N) is 1. The van der Waals surface area contributed by atoms with Crippen molar-refractivity contribution in [2.24, 2.45) is 0 Å². The molecule has 0 radical (unpaired) electrons. The predicted molar refractivity (Wildman–Crippen MR) is 73.6 cm³/mol. The molecule has 104 valence electrons. The lowest BCUT2D eigenvalue weighted by atomic mass is 9.98. The predicted octanol–water partition coefficient (Wildman–Crippen LogP) is 2.81. The number of hydrogen-bond donors (Lipinski definition) is 1. The molecule has 0 aromatic heterocycles. The van der Waals surface area contributed by atoms with Crippen LogP contribution in [0.3, 0.4) is 0 Å². The van der Waals surface area contributed by atoms with Crippen molar-refractivity contribution in [1.82, 2.24) is 4.90 Å². The third-order valence-corrected chi connectivity index (χ3v) is 3.46. The van der Waals surface area contributed by atoms with Crippen LogP contribution in [0.5, 0.6) is 11.5 Å². The number of hydrogen-bond acceptors (Lipinski definition) is 3. The molecule has 2 rings (SSSR count). The van der Waals surface area contributed by atoms with E-state index in [1.54, 1.807) is 26.2 Å². The second-order valence-corrected chi connectivity index (χ2v) is 5.26. The van der Waals surface area contributed by atoms with Crippen molar-refractivity contribution in [3.05, 3.63) is 23.8 Å². The molecule has 4 heteroatoms. The highest BCUT2D eigenvalue weighted by molar-refractivity contribution is 5.94. The van der Waals surface area contributed by atoms with E-state index in [9.17, 15) is 9.90 Å². The molecular weight excluding hydrogens is 242 g/mol. The Hall–Kier alpha value is -1.71. The standard InChI is InChI=1S/C15H21NO3/c1-16(2)15(18)11-8-9-14(13(17)10-11)19-12-6-4-3-5-7-12/h8-10,12,17H,3-7H2,1-2H3. The molecule has 1 saturated carbocycles. The highest BCUT2D eigenvalue weighted by atomic mass is 16.5. The zero-order valence-corrected chi connectivity index (χ0v) is 11.6. The molecule has 1 fully saturated rings. The van der Waals surface area contributed by atoms with E-state index >= 15 is 0 Å². The van der Waals surface area contributed by atoms with Gasteiger partial charge in [0.05, 0.1) is 6.10 Å². The Labute approximate surface area is 114 Å². The molecule has 4 nitrogen and oxygen atoms in total. The van der Waals surface area contributed by atoms with Crippen LogP contribution in [0.25, 0.3) is 0 Å². The zero-order valence-electron chi connectivity index (χ0n) is 11.6. The van der Waals surface area contributed by atoms with Gasteiger partial charge in [-0.25, -0.2) is 0 Å². The monoisotopic (exact) mass is 263 g/mol. The van der Waals surface area contributed by atoms with Gasteiger partial charge in [-0.05, 0) is 43.9 Å². The molecule has 1 aliphatic rings. The SMILES string of the molecule is CN(C)C(=O)c1ccc(OC2CCCCC2)c(O)c1. The van der Waals surface area contributed by atoms with Gasteiger partial charge in [0, 0.05) is 19.7 Å². The van der Waals surface area contributed by atoms with Crippen molar-refractivity contribution in [2.75, 3.05) is 14.1 Å². The Kier molecular flexibility index (Phi) is 4.30. The fourth-order valence-electron chi connectivity index (χ4n) is 2.37. The minimum Gasteiger partial charge on any atom is -0.504 e. The Balaban J connectivity index is 2.08. The minimum absolute atomic E-state index is 0.0401. The minimum atomic E-state index is -0.125. The van der Waals surface area contributed by atoms with E-state index in [1.165, 1.54) is 30.2 Å². The van der Waals surface area contributed by atoms with Gasteiger partial charge < -0.3 is 14.7 Å². The van der Waals surface area contributed by atoms with E-state index in [4.69, 9.17) is 4.74 Å². The first-order valence-corrected chi connectivity index (χ1v) is 6.79. The smallest absolute Gasteiger partial charge is 0.253 e. The molecule has 19 heavy (non-hydrogen) atoms. The average molecular weight is 263 g/mol. The fourth-order valence-corrected chi connectivity index (χ4v) is 2.37. The maximum atomic E-state index is 11.8. The summed E-state index contributed by atoms with van der Waals surface area (Å²) in [4.78, 5) is 13.3. The third kappa shape index (κ3) is 3.40. The summed E-state index contributed by atoms with van der Waals surface area (Å²) >= 11 is 0. The van der Waals surface area contributed by atoms with Crippen molar-refractivity contribution in [2.45, 2.75) is 38.2 Å². The normalized spacial score (nSPS) is 16.1. The van der Waals surface area contributed by atoms with Gasteiger partial charge in [0.15, 0.2) is 11.5 Å². The zero-order chi connectivity index (χ0) is 13.8. The van der Waals surface area contributed by atoms with Crippen molar-refractivity contribution in [3.63, 3.8) is 0 Å². The lowest BCUT2D eigenvalue weighted by Gasteiger charge is -2.23. The first kappa shape index (κ1) is 13.7. The maximum absolute atomic E-state index is 11.8. The largest absolute Gasteiger partial charge is 0.504 e. The van der Waals surface area contributed by atoms with Crippen LogP contribution >= 0.6 is 0 Å². The van der Waals surface area contributed by atoms with E-state index in [2.05, 4.69) is 0 Å². The Bertz CT molecular complexity index is 451. The summed E-state index contributed by atoms with van der Waals surface area (Å²) in [6, 6.07) is 4.85. The molecule has 1 aromatic carbocycles. The van der Waals surface area contributed by atoms with Gasteiger partial charge in [-0.2, -0.15) is 0 Å². The summed E-state index contributed by atoms with van der Waals surface area (Å²) in [5, 5.41) is 9.96. The third-order valence-electron chi connectivity index (χ3n) is 3.46. The van der Waals surface area contributed by atoms with E-state index in [1.807, 2.05) is 0 Å². The van der Waals surface area contributed by atoms with Gasteiger partial charge in [-0.15, -0.1) is 0 Å². The number of ether oxygens (including phenoxy) is 1. The number of rotatable bonds is 3. The second-order valence-electron chi connectivity index (χ2n) is 5.26. The summed E-state index contributed by atoms with van der Waals surface area (Å²) in [6.45, 7) is 0. The van der Waals surface area contributed by atoms with Crippen LogP contribution in [-0.2, 0) is 0 Å². The summed E-state index contributed by atoms with van der Waals surface area (Å²) in [5.74, 6) is 0.389. The molecule has 0 aliphatic heterocycles.